The highest BCUT2D eigenvalue weighted by Crippen LogP contribution is 2.24. The number of hydrogen-bond donors (Lipinski definition) is 1. The van der Waals surface area contributed by atoms with Crippen LogP contribution in [0.3, 0.4) is 0 Å². The number of piperidine rings is 1. The Balaban J connectivity index is 1.79. The maximum Gasteiger partial charge on any atom is 0.0320 e. The molecule has 2 nitrogen and oxygen atoms in total. The molecule has 0 saturated carbocycles. The molecule has 0 amide bonds. The van der Waals surface area contributed by atoms with E-state index in [0.717, 1.165) is 15.5 Å². The molecule has 0 spiro atoms. The van der Waals surface area contributed by atoms with Crippen molar-refractivity contribution in [1.29, 1.82) is 0 Å². The maximum atomic E-state index is 3.68. The zero-order valence-corrected chi connectivity index (χ0v) is 14.8. The Morgan fingerprint density at radius 1 is 1.21 bits per heavy atom. The van der Waals surface area contributed by atoms with Crippen LogP contribution in [0.5, 0.6) is 0 Å². The number of hydrogen-bond acceptors (Lipinski definition) is 2. The van der Waals surface area contributed by atoms with Gasteiger partial charge in [0.2, 0.25) is 0 Å². The Hall–Kier alpha value is 0.1000. The van der Waals surface area contributed by atoms with E-state index in [1.807, 2.05) is 0 Å². The van der Waals surface area contributed by atoms with Gasteiger partial charge in [-0.3, -0.25) is 0 Å². The first-order valence-corrected chi connectivity index (χ1v) is 8.56. The molecule has 1 aromatic carbocycles. The Kier molecular flexibility index (Phi) is 5.87. The molecule has 2 rings (SSSR count). The summed E-state index contributed by atoms with van der Waals surface area (Å²) in [6.07, 6.45) is 2.52. The maximum absolute atomic E-state index is 3.68. The summed E-state index contributed by atoms with van der Waals surface area (Å²) < 4.78 is 2.24. The molecule has 106 valence electrons. The van der Waals surface area contributed by atoms with E-state index in [1.165, 1.54) is 31.5 Å². The molecule has 1 saturated heterocycles. The molecule has 4 heteroatoms. The Labute approximate surface area is 133 Å². The topological polar surface area (TPSA) is 15.3 Å². The molecule has 0 bridgehead atoms. The first kappa shape index (κ1) is 15.5. The van der Waals surface area contributed by atoms with Gasteiger partial charge in [0.05, 0.1) is 0 Å². The molecular formula is C15H22Br2N2. The lowest BCUT2D eigenvalue weighted by molar-refractivity contribution is 0.161. The minimum atomic E-state index is 0.664. The zero-order valence-electron chi connectivity index (χ0n) is 11.6. The van der Waals surface area contributed by atoms with Gasteiger partial charge >= 0.3 is 0 Å². The molecule has 0 aromatic heterocycles. The molecular weight excluding hydrogens is 368 g/mol. The monoisotopic (exact) mass is 388 g/mol. The van der Waals surface area contributed by atoms with Gasteiger partial charge < -0.3 is 10.2 Å². The van der Waals surface area contributed by atoms with E-state index in [4.69, 9.17) is 0 Å². The molecule has 0 unspecified atom stereocenters. The highest BCUT2D eigenvalue weighted by atomic mass is 79.9. The fraction of sp³-hybridized carbons (Fsp3) is 0.600. The van der Waals surface area contributed by atoms with Crippen LogP contribution < -0.4 is 5.32 Å². The van der Waals surface area contributed by atoms with Crippen molar-refractivity contribution in [3.8, 4) is 0 Å². The first-order valence-electron chi connectivity index (χ1n) is 6.97. The summed E-state index contributed by atoms with van der Waals surface area (Å²) in [6.45, 7) is 7.97. The molecule has 1 fully saturated rings. The van der Waals surface area contributed by atoms with E-state index in [2.05, 4.69) is 74.1 Å². The molecule has 1 aliphatic heterocycles. The third-order valence-electron chi connectivity index (χ3n) is 3.84. The average Bonchev–Trinajstić information content (AvgIpc) is 2.40. The first-order chi connectivity index (χ1) is 9.06. The van der Waals surface area contributed by atoms with Crippen LogP contribution >= 0.6 is 31.9 Å². The van der Waals surface area contributed by atoms with Crippen molar-refractivity contribution < 1.29 is 0 Å². The second-order valence-electron chi connectivity index (χ2n) is 5.53. The van der Waals surface area contributed by atoms with Gasteiger partial charge in [-0.15, -0.1) is 0 Å². The number of halogens is 2. The van der Waals surface area contributed by atoms with Crippen molar-refractivity contribution >= 4 is 31.9 Å². The lowest BCUT2D eigenvalue weighted by Crippen LogP contribution is -2.44. The van der Waals surface area contributed by atoms with Gasteiger partial charge in [-0.1, -0.05) is 6.07 Å². The van der Waals surface area contributed by atoms with Gasteiger partial charge in [-0.05, 0) is 89.3 Å². The molecule has 0 atom stereocenters. The van der Waals surface area contributed by atoms with Crippen LogP contribution in [0, 0.1) is 0 Å². The van der Waals surface area contributed by atoms with E-state index in [9.17, 15) is 0 Å². The van der Waals surface area contributed by atoms with E-state index in [0.29, 0.717) is 12.1 Å². The van der Waals surface area contributed by atoms with Gasteiger partial charge in [-0.2, -0.15) is 0 Å². The fourth-order valence-corrected chi connectivity index (χ4v) is 3.20. The molecule has 1 heterocycles. The van der Waals surface area contributed by atoms with E-state index in [1.54, 1.807) is 0 Å². The highest BCUT2D eigenvalue weighted by molar-refractivity contribution is 9.13. The minimum absolute atomic E-state index is 0.664. The van der Waals surface area contributed by atoms with Gasteiger partial charge in [0.25, 0.3) is 0 Å². The number of nitrogens with zero attached hydrogens (tertiary/aromatic N) is 1. The summed E-state index contributed by atoms with van der Waals surface area (Å²) in [4.78, 5) is 2.56. The lowest BCUT2D eigenvalue weighted by Gasteiger charge is -2.35. The van der Waals surface area contributed by atoms with Crippen LogP contribution in [0.15, 0.2) is 27.1 Å². The number of benzene rings is 1. The average molecular weight is 390 g/mol. The minimum Gasteiger partial charge on any atom is -0.310 e. The number of likely N-dealkylation sites (tertiary alicyclic amines) is 1. The van der Waals surface area contributed by atoms with E-state index in [-0.39, 0.29) is 0 Å². The lowest BCUT2D eigenvalue weighted by atomic mass is 10.0. The predicted octanol–water partition coefficient (Wildman–Crippen LogP) is 4.17. The molecule has 0 aliphatic carbocycles. The summed E-state index contributed by atoms with van der Waals surface area (Å²) in [5.41, 5.74) is 1.33. The van der Waals surface area contributed by atoms with Crippen molar-refractivity contribution in [2.45, 2.75) is 45.3 Å². The summed E-state index contributed by atoms with van der Waals surface area (Å²) in [5, 5.41) is 3.68. The van der Waals surface area contributed by atoms with Crippen molar-refractivity contribution in [2.24, 2.45) is 0 Å². The molecule has 19 heavy (non-hydrogen) atoms. The van der Waals surface area contributed by atoms with Crippen molar-refractivity contribution in [2.75, 3.05) is 13.1 Å². The summed E-state index contributed by atoms with van der Waals surface area (Å²) in [5.74, 6) is 0. The van der Waals surface area contributed by atoms with E-state index < -0.39 is 0 Å². The van der Waals surface area contributed by atoms with Crippen molar-refractivity contribution in [3.63, 3.8) is 0 Å². The van der Waals surface area contributed by atoms with Crippen molar-refractivity contribution in [1.82, 2.24) is 10.2 Å². The van der Waals surface area contributed by atoms with Gasteiger partial charge in [0.1, 0.15) is 0 Å². The summed E-state index contributed by atoms with van der Waals surface area (Å²) in [7, 11) is 0. The molecule has 1 N–H and O–H groups in total. The van der Waals surface area contributed by atoms with Crippen LogP contribution in [0.25, 0.3) is 0 Å². The van der Waals surface area contributed by atoms with Gasteiger partial charge in [-0.25, -0.2) is 0 Å². The Bertz CT molecular complexity index is 413. The zero-order chi connectivity index (χ0) is 13.8. The number of nitrogens with one attached hydrogen (secondary N) is 1. The number of rotatable bonds is 4. The molecule has 0 radical (unpaired) electrons. The second-order valence-corrected chi connectivity index (χ2v) is 7.24. The molecule has 1 aromatic rings. The summed E-state index contributed by atoms with van der Waals surface area (Å²) in [6, 6.07) is 7.80. The van der Waals surface area contributed by atoms with Crippen LogP contribution in [-0.2, 0) is 6.54 Å². The van der Waals surface area contributed by atoms with Crippen LogP contribution in [0.1, 0.15) is 32.3 Å². The van der Waals surface area contributed by atoms with Gasteiger partial charge in [0.15, 0.2) is 0 Å². The van der Waals surface area contributed by atoms with Gasteiger partial charge in [0, 0.05) is 27.6 Å². The van der Waals surface area contributed by atoms with Crippen LogP contribution in [0.4, 0.5) is 0 Å². The normalized spacial score (nSPS) is 18.2. The highest BCUT2D eigenvalue weighted by Gasteiger charge is 2.20. The largest absolute Gasteiger partial charge is 0.310 e. The standard InChI is InChI=1S/C15H22Br2N2/c1-11(2)19-7-5-13(6-8-19)18-10-12-3-4-14(16)15(17)9-12/h3-4,9,11,13,18H,5-8,10H2,1-2H3. The third kappa shape index (κ3) is 4.55. The van der Waals surface area contributed by atoms with Crippen LogP contribution in [-0.4, -0.2) is 30.1 Å². The SMILES string of the molecule is CC(C)N1CCC(NCc2ccc(Br)c(Br)c2)CC1. The second kappa shape index (κ2) is 7.21. The Morgan fingerprint density at radius 3 is 2.47 bits per heavy atom. The van der Waals surface area contributed by atoms with Crippen molar-refractivity contribution in [3.05, 3.63) is 32.7 Å². The fourth-order valence-electron chi connectivity index (χ4n) is 2.53. The van der Waals surface area contributed by atoms with Crippen LogP contribution in [0.2, 0.25) is 0 Å². The van der Waals surface area contributed by atoms with E-state index >= 15 is 0 Å². The molecule has 1 aliphatic rings. The predicted molar refractivity (Wildman–Crippen MR) is 88.4 cm³/mol. The smallest absolute Gasteiger partial charge is 0.0320 e. The Morgan fingerprint density at radius 2 is 1.89 bits per heavy atom. The quantitative estimate of drug-likeness (QED) is 0.830. The third-order valence-corrected chi connectivity index (χ3v) is 5.72. The summed E-state index contributed by atoms with van der Waals surface area (Å²) >= 11 is 7.06.